The van der Waals surface area contributed by atoms with Crippen molar-refractivity contribution in [2.24, 2.45) is 0 Å². The minimum absolute atomic E-state index is 0.654. The summed E-state index contributed by atoms with van der Waals surface area (Å²) in [5.74, 6) is 0.977. The van der Waals surface area contributed by atoms with Gasteiger partial charge < -0.3 is 10.6 Å². The standard InChI is InChI=1S/C16H17BrN2S2/c1-12-2-8-15(9-3-12)21-11-10-18-16(20)19-14-6-4-13(17)5-7-14/h2-9H,10-11H2,1H3,(H2,18,19,20). The molecule has 0 radical (unpaired) electrons. The molecule has 0 fully saturated rings. The first kappa shape index (κ1) is 16.3. The van der Waals surface area contributed by atoms with Crippen molar-refractivity contribution in [3.05, 3.63) is 58.6 Å². The zero-order chi connectivity index (χ0) is 15.1. The summed E-state index contributed by atoms with van der Waals surface area (Å²) in [7, 11) is 0. The lowest BCUT2D eigenvalue weighted by molar-refractivity contribution is 0.990. The first-order valence-electron chi connectivity index (χ1n) is 6.63. The minimum atomic E-state index is 0.654. The van der Waals surface area contributed by atoms with Crippen LogP contribution >= 0.6 is 39.9 Å². The topological polar surface area (TPSA) is 24.1 Å². The van der Waals surface area contributed by atoms with Crippen LogP contribution in [0.25, 0.3) is 0 Å². The summed E-state index contributed by atoms with van der Waals surface area (Å²) in [5.41, 5.74) is 2.28. The van der Waals surface area contributed by atoms with Gasteiger partial charge >= 0.3 is 0 Å². The molecule has 0 bridgehead atoms. The number of anilines is 1. The Labute approximate surface area is 143 Å². The van der Waals surface area contributed by atoms with E-state index in [0.717, 1.165) is 22.5 Å². The van der Waals surface area contributed by atoms with Gasteiger partial charge in [-0.25, -0.2) is 0 Å². The lowest BCUT2D eigenvalue weighted by atomic mass is 10.2. The monoisotopic (exact) mass is 380 g/mol. The molecule has 0 spiro atoms. The lowest BCUT2D eigenvalue weighted by Gasteiger charge is -2.10. The van der Waals surface area contributed by atoms with E-state index >= 15 is 0 Å². The Morgan fingerprint density at radius 1 is 1.10 bits per heavy atom. The first-order valence-corrected chi connectivity index (χ1v) is 8.82. The van der Waals surface area contributed by atoms with Gasteiger partial charge in [-0.05, 0) is 55.5 Å². The number of halogens is 1. The normalized spacial score (nSPS) is 10.2. The van der Waals surface area contributed by atoms with Crippen LogP contribution in [0.3, 0.4) is 0 Å². The molecule has 110 valence electrons. The van der Waals surface area contributed by atoms with Crippen LogP contribution in [0.1, 0.15) is 5.56 Å². The second kappa shape index (κ2) is 8.41. The zero-order valence-electron chi connectivity index (χ0n) is 11.7. The lowest BCUT2D eigenvalue weighted by Crippen LogP contribution is -2.30. The Balaban J connectivity index is 1.67. The molecule has 0 saturated carbocycles. The van der Waals surface area contributed by atoms with Crippen LogP contribution in [-0.2, 0) is 0 Å². The zero-order valence-corrected chi connectivity index (χ0v) is 14.9. The largest absolute Gasteiger partial charge is 0.362 e. The summed E-state index contributed by atoms with van der Waals surface area (Å²) in [6.07, 6.45) is 0. The van der Waals surface area contributed by atoms with Gasteiger partial charge in [-0.2, -0.15) is 0 Å². The molecule has 2 N–H and O–H groups in total. The van der Waals surface area contributed by atoms with E-state index in [0.29, 0.717) is 5.11 Å². The Morgan fingerprint density at radius 3 is 2.43 bits per heavy atom. The van der Waals surface area contributed by atoms with Crippen LogP contribution in [-0.4, -0.2) is 17.4 Å². The number of thiocarbonyl (C=S) groups is 1. The van der Waals surface area contributed by atoms with Crippen molar-refractivity contribution < 1.29 is 0 Å². The van der Waals surface area contributed by atoms with Crippen molar-refractivity contribution in [2.75, 3.05) is 17.6 Å². The molecule has 2 rings (SSSR count). The van der Waals surface area contributed by atoms with E-state index in [1.54, 1.807) is 0 Å². The third kappa shape index (κ3) is 6.08. The van der Waals surface area contributed by atoms with E-state index in [-0.39, 0.29) is 0 Å². The molecule has 0 saturated heterocycles. The van der Waals surface area contributed by atoms with Crippen LogP contribution < -0.4 is 10.6 Å². The Kier molecular flexibility index (Phi) is 6.54. The smallest absolute Gasteiger partial charge is 0.170 e. The summed E-state index contributed by atoms with van der Waals surface area (Å²) in [6.45, 7) is 2.93. The average molecular weight is 381 g/mol. The summed E-state index contributed by atoms with van der Waals surface area (Å²) >= 11 is 10.5. The van der Waals surface area contributed by atoms with E-state index in [9.17, 15) is 0 Å². The highest BCUT2D eigenvalue weighted by Gasteiger charge is 1.98. The van der Waals surface area contributed by atoms with E-state index in [2.05, 4.69) is 57.8 Å². The maximum atomic E-state index is 5.27. The first-order chi connectivity index (χ1) is 10.1. The second-order valence-electron chi connectivity index (χ2n) is 4.55. The average Bonchev–Trinajstić information content (AvgIpc) is 2.48. The van der Waals surface area contributed by atoms with E-state index in [4.69, 9.17) is 12.2 Å². The number of hydrogen-bond acceptors (Lipinski definition) is 2. The quantitative estimate of drug-likeness (QED) is 0.440. The van der Waals surface area contributed by atoms with Gasteiger partial charge in [0.1, 0.15) is 0 Å². The predicted octanol–water partition coefficient (Wildman–Crippen LogP) is 4.84. The molecule has 21 heavy (non-hydrogen) atoms. The van der Waals surface area contributed by atoms with Gasteiger partial charge in [0.05, 0.1) is 0 Å². The van der Waals surface area contributed by atoms with Crippen LogP contribution in [0, 0.1) is 6.92 Å². The molecule has 0 aliphatic rings. The third-order valence-corrected chi connectivity index (χ3v) is 4.57. The fourth-order valence-corrected chi connectivity index (χ4v) is 2.93. The second-order valence-corrected chi connectivity index (χ2v) is 7.04. The van der Waals surface area contributed by atoms with Gasteiger partial charge in [0.25, 0.3) is 0 Å². The number of thioether (sulfide) groups is 1. The van der Waals surface area contributed by atoms with Crippen molar-refractivity contribution in [3.63, 3.8) is 0 Å². The molecule has 0 aliphatic carbocycles. The third-order valence-electron chi connectivity index (χ3n) is 2.78. The number of benzene rings is 2. The molecule has 0 atom stereocenters. The van der Waals surface area contributed by atoms with Crippen molar-refractivity contribution in [3.8, 4) is 0 Å². The molecule has 5 heteroatoms. The van der Waals surface area contributed by atoms with E-state index < -0.39 is 0 Å². The fraction of sp³-hybridized carbons (Fsp3) is 0.188. The van der Waals surface area contributed by atoms with Gasteiger partial charge in [0.2, 0.25) is 0 Å². The van der Waals surface area contributed by atoms with Gasteiger partial charge in [-0.15, -0.1) is 11.8 Å². The fourth-order valence-electron chi connectivity index (χ4n) is 1.68. The van der Waals surface area contributed by atoms with Gasteiger partial charge in [-0.3, -0.25) is 0 Å². The van der Waals surface area contributed by atoms with Crippen LogP contribution in [0.5, 0.6) is 0 Å². The van der Waals surface area contributed by atoms with Crippen LogP contribution in [0.4, 0.5) is 5.69 Å². The molecule has 2 nitrogen and oxygen atoms in total. The molecule has 0 aromatic heterocycles. The molecule has 0 heterocycles. The van der Waals surface area contributed by atoms with E-state index in [1.165, 1.54) is 10.5 Å². The maximum absolute atomic E-state index is 5.27. The van der Waals surface area contributed by atoms with Crippen molar-refractivity contribution >= 4 is 50.7 Å². The summed E-state index contributed by atoms with van der Waals surface area (Å²) in [5, 5.41) is 7.04. The molecular weight excluding hydrogens is 364 g/mol. The Bertz CT molecular complexity index is 582. The Hall–Kier alpha value is -1.04. The van der Waals surface area contributed by atoms with Gasteiger partial charge in [0.15, 0.2) is 5.11 Å². The van der Waals surface area contributed by atoms with E-state index in [1.807, 2.05) is 36.0 Å². The molecule has 0 aliphatic heterocycles. The molecule has 2 aromatic rings. The van der Waals surface area contributed by atoms with Gasteiger partial charge in [0, 0.05) is 27.4 Å². The van der Waals surface area contributed by atoms with Gasteiger partial charge in [-0.1, -0.05) is 33.6 Å². The van der Waals surface area contributed by atoms with Crippen molar-refractivity contribution in [2.45, 2.75) is 11.8 Å². The predicted molar refractivity (Wildman–Crippen MR) is 100 cm³/mol. The molecular formula is C16H17BrN2S2. The number of aryl methyl sites for hydroxylation is 1. The number of hydrogen-bond donors (Lipinski definition) is 2. The highest BCUT2D eigenvalue weighted by Crippen LogP contribution is 2.17. The molecule has 0 unspecified atom stereocenters. The maximum Gasteiger partial charge on any atom is 0.170 e. The summed E-state index contributed by atoms with van der Waals surface area (Å²) < 4.78 is 1.06. The SMILES string of the molecule is Cc1ccc(SCCNC(=S)Nc2ccc(Br)cc2)cc1. The van der Waals surface area contributed by atoms with Crippen LogP contribution in [0.15, 0.2) is 57.9 Å². The number of nitrogens with one attached hydrogen (secondary N) is 2. The van der Waals surface area contributed by atoms with Crippen LogP contribution in [0.2, 0.25) is 0 Å². The van der Waals surface area contributed by atoms with Crippen molar-refractivity contribution in [1.29, 1.82) is 0 Å². The summed E-state index contributed by atoms with van der Waals surface area (Å²) in [4.78, 5) is 1.29. The Morgan fingerprint density at radius 2 is 1.76 bits per heavy atom. The molecule has 0 amide bonds. The highest BCUT2D eigenvalue weighted by atomic mass is 79.9. The summed E-state index contributed by atoms with van der Waals surface area (Å²) in [6, 6.07) is 16.5. The van der Waals surface area contributed by atoms with Crippen molar-refractivity contribution in [1.82, 2.24) is 5.32 Å². The number of rotatable bonds is 5. The minimum Gasteiger partial charge on any atom is -0.362 e. The highest BCUT2D eigenvalue weighted by molar-refractivity contribution is 9.10. The molecule has 2 aromatic carbocycles.